The van der Waals surface area contributed by atoms with Gasteiger partial charge < -0.3 is 46.4 Å². The second kappa shape index (κ2) is 21.0. The minimum atomic E-state index is -6.19. The number of amides is 4. The number of alkyl halides is 12. The fourth-order valence-electron chi connectivity index (χ4n) is 8.29. The van der Waals surface area contributed by atoms with Crippen LogP contribution < -0.4 is 26.0 Å². The molecule has 0 aliphatic carbocycles. The van der Waals surface area contributed by atoms with Crippen molar-refractivity contribution in [2.75, 3.05) is 21.3 Å². The highest BCUT2D eigenvalue weighted by molar-refractivity contribution is 6.06. The predicted octanol–water partition coefficient (Wildman–Crippen LogP) is 12.8. The zero-order valence-electron chi connectivity index (χ0n) is 39.3. The minimum Gasteiger partial charge on any atom is -0.506 e. The zero-order chi connectivity index (χ0) is 57.3. The van der Waals surface area contributed by atoms with Gasteiger partial charge in [-0.2, -0.15) is 52.7 Å². The fourth-order valence-corrected chi connectivity index (χ4v) is 8.29. The number of benzene rings is 7. The van der Waals surface area contributed by atoms with Gasteiger partial charge in [-0.15, -0.1) is 0 Å². The van der Waals surface area contributed by atoms with Crippen LogP contribution in [-0.2, 0) is 15.6 Å². The van der Waals surface area contributed by atoms with Crippen molar-refractivity contribution in [3.8, 4) is 34.5 Å². The molecule has 0 aliphatic rings. The Bertz CT molecular complexity index is 3390. The number of phenols is 4. The molecule has 0 bridgehead atoms. The van der Waals surface area contributed by atoms with Crippen molar-refractivity contribution in [3.05, 3.63) is 191 Å². The number of nitrogens with one attached hydrogen (secondary N) is 4. The maximum atomic E-state index is 15.2. The van der Waals surface area contributed by atoms with Crippen molar-refractivity contribution < 1.29 is 97.0 Å². The molecule has 0 fully saturated rings. The average Bonchev–Trinajstić information content (AvgIpc) is 3.39. The standard InChI is InChI=1S/C53H36F12N4O9/c1-27(70)66-37-23-31(11-19-41(37)71)48(50(54,55)56,51(57,58)59)32-12-21-43(73)39(25-32)68-46(76)29-7-15-35(16-8-29)78-36-17-9-30(10-18-36)47(77)69-40-26-34(14-22-44(40)74)49(52(60,61)62,53(63,64)65)33-13-20-42(72)38(24-33)67-45(75)28-5-3-2-4-6-28/h2-26,71-74H,1H3,(H,66,70)(H,67,75)(H,68,76)(H,69,77). The molecule has 406 valence electrons. The zero-order valence-corrected chi connectivity index (χ0v) is 39.3. The first-order valence-electron chi connectivity index (χ1n) is 22.1. The van der Waals surface area contributed by atoms with E-state index in [4.69, 9.17) is 4.74 Å². The smallest absolute Gasteiger partial charge is 0.411 e. The van der Waals surface area contributed by atoms with E-state index in [0.29, 0.717) is 54.6 Å². The van der Waals surface area contributed by atoms with Crippen molar-refractivity contribution in [2.24, 2.45) is 0 Å². The quantitative estimate of drug-likeness (QED) is 0.0408. The van der Waals surface area contributed by atoms with E-state index < -0.39 is 127 Å². The maximum Gasteiger partial charge on any atom is 0.411 e. The van der Waals surface area contributed by atoms with Crippen LogP contribution in [0, 0.1) is 0 Å². The third-order valence-electron chi connectivity index (χ3n) is 12.0. The molecule has 7 aromatic rings. The Morgan fingerprint density at radius 3 is 0.872 bits per heavy atom. The summed E-state index contributed by atoms with van der Waals surface area (Å²) in [7, 11) is 0. The Morgan fingerprint density at radius 1 is 0.359 bits per heavy atom. The normalized spacial score (nSPS) is 12.3. The summed E-state index contributed by atoms with van der Waals surface area (Å²) in [5, 5.41) is 49.7. The van der Waals surface area contributed by atoms with Crippen molar-refractivity contribution >= 4 is 46.4 Å². The van der Waals surface area contributed by atoms with Crippen LogP contribution in [-0.4, -0.2) is 68.8 Å². The Balaban J connectivity index is 1.08. The van der Waals surface area contributed by atoms with Gasteiger partial charge in [0.05, 0.1) is 22.7 Å². The number of ether oxygens (including phenoxy) is 1. The number of rotatable bonds is 13. The monoisotopic (exact) mass is 1100 g/mol. The lowest BCUT2D eigenvalue weighted by Gasteiger charge is -2.38. The van der Waals surface area contributed by atoms with E-state index >= 15 is 26.3 Å². The highest BCUT2D eigenvalue weighted by Crippen LogP contribution is 2.59. The lowest BCUT2D eigenvalue weighted by Crippen LogP contribution is -2.54. The molecule has 4 amide bonds. The second-order valence-electron chi connectivity index (χ2n) is 17.0. The molecule has 0 saturated carbocycles. The fraction of sp³-hybridized carbons (Fsp3) is 0.132. The first-order chi connectivity index (χ1) is 36.4. The first kappa shape index (κ1) is 56.3. The number of phenolic OH excluding ortho intramolecular Hbond substituents is 4. The molecule has 7 rings (SSSR count). The lowest BCUT2D eigenvalue weighted by atomic mass is 9.72. The molecule has 0 aliphatic heterocycles. The number of carbonyl (C=O) groups is 4. The Morgan fingerprint density at radius 2 is 0.615 bits per heavy atom. The van der Waals surface area contributed by atoms with Gasteiger partial charge in [0, 0.05) is 23.6 Å². The molecule has 0 radical (unpaired) electrons. The number of anilines is 4. The Kier molecular flexibility index (Phi) is 15.1. The van der Waals surface area contributed by atoms with Crippen LogP contribution in [0.2, 0.25) is 0 Å². The molecule has 0 unspecified atom stereocenters. The van der Waals surface area contributed by atoms with Crippen LogP contribution in [0.15, 0.2) is 152 Å². The van der Waals surface area contributed by atoms with E-state index in [0.717, 1.165) is 31.2 Å². The SMILES string of the molecule is CC(=O)Nc1cc(C(c2ccc(O)c(NC(=O)c3ccc(Oc4ccc(C(=O)Nc5cc(C(c6ccc(O)c(NC(=O)c7ccccc7)c6)(C(F)(F)F)C(F)(F)F)ccc5O)cc4)cc3)c2)(C(F)(F)F)C(F)(F)F)ccc1O. The van der Waals surface area contributed by atoms with Gasteiger partial charge in [0.1, 0.15) is 34.5 Å². The lowest BCUT2D eigenvalue weighted by molar-refractivity contribution is -0.290. The number of aromatic hydroxyl groups is 4. The van der Waals surface area contributed by atoms with E-state index in [1.54, 1.807) is 0 Å². The Labute approximate surface area is 431 Å². The molecule has 13 nitrogen and oxygen atoms in total. The molecular weight excluding hydrogens is 1060 g/mol. The number of halogens is 12. The summed E-state index contributed by atoms with van der Waals surface area (Å²) in [6.45, 7) is 0.890. The summed E-state index contributed by atoms with van der Waals surface area (Å²) in [5.74, 6) is -7.88. The van der Waals surface area contributed by atoms with Crippen molar-refractivity contribution in [3.63, 3.8) is 0 Å². The summed E-state index contributed by atoms with van der Waals surface area (Å²) in [4.78, 5) is 51.0. The van der Waals surface area contributed by atoms with Crippen LogP contribution in [0.5, 0.6) is 34.5 Å². The number of hydrogen-bond acceptors (Lipinski definition) is 9. The maximum absolute atomic E-state index is 15.2. The van der Waals surface area contributed by atoms with Crippen LogP contribution in [0.1, 0.15) is 60.3 Å². The largest absolute Gasteiger partial charge is 0.506 e. The van der Waals surface area contributed by atoms with Gasteiger partial charge in [-0.3, -0.25) is 19.2 Å². The summed E-state index contributed by atoms with van der Waals surface area (Å²) in [5.41, 5.74) is -19.8. The third kappa shape index (κ3) is 10.8. The molecule has 0 aromatic heterocycles. The molecule has 0 saturated heterocycles. The van der Waals surface area contributed by atoms with E-state index in [9.17, 15) is 65.9 Å². The number of hydrogen-bond donors (Lipinski definition) is 8. The van der Waals surface area contributed by atoms with Gasteiger partial charge in [0.25, 0.3) is 17.7 Å². The average molecular weight is 1100 g/mol. The number of carbonyl (C=O) groups excluding carboxylic acids is 4. The van der Waals surface area contributed by atoms with Crippen molar-refractivity contribution in [1.29, 1.82) is 0 Å². The second-order valence-corrected chi connectivity index (χ2v) is 17.0. The van der Waals surface area contributed by atoms with Crippen LogP contribution in [0.25, 0.3) is 0 Å². The van der Waals surface area contributed by atoms with Crippen molar-refractivity contribution in [2.45, 2.75) is 42.5 Å². The van der Waals surface area contributed by atoms with Crippen LogP contribution in [0.4, 0.5) is 75.4 Å². The Hall–Kier alpha value is -9.42. The summed E-state index contributed by atoms with van der Waals surface area (Å²) in [6.07, 6.45) is -24.7. The van der Waals surface area contributed by atoms with Gasteiger partial charge in [0.2, 0.25) is 16.7 Å². The first-order valence-corrected chi connectivity index (χ1v) is 22.1. The molecule has 8 N–H and O–H groups in total. The predicted molar refractivity (Wildman–Crippen MR) is 256 cm³/mol. The van der Waals surface area contributed by atoms with Crippen LogP contribution >= 0.6 is 0 Å². The molecule has 25 heteroatoms. The summed E-state index contributed by atoms with van der Waals surface area (Å²) < 4.78 is 186. The van der Waals surface area contributed by atoms with Gasteiger partial charge in [-0.05, 0) is 131 Å². The van der Waals surface area contributed by atoms with E-state index in [-0.39, 0.29) is 46.4 Å². The highest BCUT2D eigenvalue weighted by Gasteiger charge is 2.74. The van der Waals surface area contributed by atoms with Gasteiger partial charge in [0.15, 0.2) is 0 Å². The summed E-state index contributed by atoms with van der Waals surface area (Å²) >= 11 is 0. The third-order valence-corrected chi connectivity index (χ3v) is 12.0. The van der Waals surface area contributed by atoms with E-state index in [1.165, 1.54) is 54.6 Å². The van der Waals surface area contributed by atoms with Crippen molar-refractivity contribution in [1.82, 2.24) is 0 Å². The molecule has 7 aromatic carbocycles. The topological polar surface area (TPSA) is 207 Å². The van der Waals surface area contributed by atoms with E-state index in [1.807, 2.05) is 5.32 Å². The molecular formula is C53H36F12N4O9. The molecule has 0 spiro atoms. The molecule has 78 heavy (non-hydrogen) atoms. The minimum absolute atomic E-state index is 0.0138. The highest BCUT2D eigenvalue weighted by atomic mass is 19.4. The van der Waals surface area contributed by atoms with Crippen LogP contribution in [0.3, 0.4) is 0 Å². The summed E-state index contributed by atoms with van der Waals surface area (Å²) in [6, 6.07) is 20.5. The van der Waals surface area contributed by atoms with Gasteiger partial charge in [-0.1, -0.05) is 42.5 Å². The van der Waals surface area contributed by atoms with Gasteiger partial charge in [-0.25, -0.2) is 0 Å². The van der Waals surface area contributed by atoms with Gasteiger partial charge >= 0.3 is 24.7 Å². The molecule has 0 atom stereocenters. The molecule has 0 heterocycles. The van der Waals surface area contributed by atoms with E-state index in [2.05, 4.69) is 16.0 Å².